The van der Waals surface area contributed by atoms with Crippen LogP contribution in [-0.2, 0) is 6.42 Å². The molecule has 1 unspecified atom stereocenters. The van der Waals surface area contributed by atoms with E-state index in [2.05, 4.69) is 280 Å². The quantitative estimate of drug-likeness (QED) is 0.143. The van der Waals surface area contributed by atoms with E-state index >= 15 is 0 Å². The molecule has 0 fully saturated rings. The Labute approximate surface area is 419 Å². The standard InChI is InChI=1S/C68H50N4/c1-3-21-51(22-4-1)71-65-29-13-11-27-59(65)61-45-55(41-43-67(61)71)69(63-31-15-19-49-17-7-9-25-57(49)63)53-37-33-47(34-38-53)48-35-39-54(40-36-48)70(64-32-16-20-50-18-8-10-26-58(50)64)56-42-44-68-62(46-56)60-28-12-14-30-66(60)72(68)52-23-5-2-6-24-52/h1-7,9-17,19-35,37-46,48H,8,18,36H2. The molecule has 0 saturated carbocycles. The molecule has 14 rings (SSSR count). The average Bonchev–Trinajstić information content (AvgIpc) is 3.96. The van der Waals surface area contributed by atoms with Crippen molar-refractivity contribution in [2.45, 2.75) is 25.2 Å². The molecule has 10 aromatic carbocycles. The third-order valence-electron chi connectivity index (χ3n) is 15.1. The second-order valence-electron chi connectivity index (χ2n) is 19.2. The van der Waals surface area contributed by atoms with E-state index in [-0.39, 0.29) is 5.92 Å². The summed E-state index contributed by atoms with van der Waals surface area (Å²) >= 11 is 0. The third-order valence-corrected chi connectivity index (χ3v) is 15.1. The first-order valence-corrected chi connectivity index (χ1v) is 25.3. The molecule has 0 bridgehead atoms. The minimum atomic E-state index is 0.229. The maximum Gasteiger partial charge on any atom is 0.0542 e. The van der Waals surface area contributed by atoms with Crippen molar-refractivity contribution < 1.29 is 0 Å². The number of para-hydroxylation sites is 4. The van der Waals surface area contributed by atoms with Gasteiger partial charge in [-0.2, -0.15) is 0 Å². The van der Waals surface area contributed by atoms with Crippen molar-refractivity contribution in [1.82, 2.24) is 9.13 Å². The van der Waals surface area contributed by atoms with Crippen LogP contribution in [0.25, 0.3) is 71.8 Å². The first kappa shape index (κ1) is 41.8. The van der Waals surface area contributed by atoms with Crippen LogP contribution in [0.15, 0.2) is 261 Å². The highest BCUT2D eigenvalue weighted by molar-refractivity contribution is 6.12. The Kier molecular flexibility index (Phi) is 10.1. The van der Waals surface area contributed by atoms with Gasteiger partial charge in [-0.25, -0.2) is 0 Å². The lowest BCUT2D eigenvalue weighted by molar-refractivity contribution is 0.839. The van der Waals surface area contributed by atoms with Gasteiger partial charge in [0.15, 0.2) is 0 Å². The highest BCUT2D eigenvalue weighted by Gasteiger charge is 2.25. The topological polar surface area (TPSA) is 16.3 Å². The van der Waals surface area contributed by atoms with Gasteiger partial charge in [-0.15, -0.1) is 0 Å². The molecular weight excluding hydrogens is 873 g/mol. The molecule has 0 saturated heterocycles. The second-order valence-corrected chi connectivity index (χ2v) is 19.2. The number of hydrogen-bond donors (Lipinski definition) is 0. The molecule has 12 aromatic rings. The molecule has 0 N–H and O–H groups in total. The fourth-order valence-corrected chi connectivity index (χ4v) is 11.7. The molecule has 0 amide bonds. The maximum absolute atomic E-state index is 2.49. The molecule has 72 heavy (non-hydrogen) atoms. The van der Waals surface area contributed by atoms with Crippen molar-refractivity contribution >= 4 is 88.9 Å². The van der Waals surface area contributed by atoms with Gasteiger partial charge < -0.3 is 18.9 Å². The minimum Gasteiger partial charge on any atom is -0.310 e. The Balaban J connectivity index is 0.838. The van der Waals surface area contributed by atoms with Gasteiger partial charge in [-0.05, 0) is 139 Å². The van der Waals surface area contributed by atoms with Gasteiger partial charge in [-0.3, -0.25) is 0 Å². The van der Waals surface area contributed by atoms with Crippen molar-refractivity contribution in [2.75, 3.05) is 9.80 Å². The lowest BCUT2D eigenvalue weighted by Crippen LogP contribution is -2.19. The average molecular weight is 923 g/mol. The highest BCUT2D eigenvalue weighted by atomic mass is 15.2. The molecule has 0 aliphatic heterocycles. The van der Waals surface area contributed by atoms with Crippen LogP contribution in [0.3, 0.4) is 0 Å². The Morgan fingerprint density at radius 2 is 0.944 bits per heavy atom. The Morgan fingerprint density at radius 3 is 1.60 bits per heavy atom. The lowest BCUT2D eigenvalue weighted by atomic mass is 9.90. The fourth-order valence-electron chi connectivity index (χ4n) is 11.7. The molecule has 2 aliphatic rings. The number of hydrogen-bond acceptors (Lipinski definition) is 2. The summed E-state index contributed by atoms with van der Waals surface area (Å²) in [5, 5.41) is 7.38. The van der Waals surface area contributed by atoms with Gasteiger partial charge in [0, 0.05) is 72.5 Å². The van der Waals surface area contributed by atoms with E-state index in [9.17, 15) is 0 Å². The SMILES string of the molecule is C1=Cc2c(cccc2N(C2=CCC(c3ccc(N(c4ccc5c(c4)c4ccccc4n5-c4ccccc4)c4cccc5ccccc45)cc3)C=C2)c2ccc3c(c2)c2ccccc2n3-c2ccccc2)CC1. The van der Waals surface area contributed by atoms with Crippen LogP contribution in [-0.4, -0.2) is 9.13 Å². The van der Waals surface area contributed by atoms with Gasteiger partial charge in [-0.1, -0.05) is 158 Å². The summed E-state index contributed by atoms with van der Waals surface area (Å²) in [6, 6.07) is 84.5. The fraction of sp³-hybridized carbons (Fsp3) is 0.0588. The summed E-state index contributed by atoms with van der Waals surface area (Å²) < 4.78 is 4.78. The monoisotopic (exact) mass is 922 g/mol. The van der Waals surface area contributed by atoms with Crippen LogP contribution < -0.4 is 9.80 Å². The summed E-state index contributed by atoms with van der Waals surface area (Å²) in [5.74, 6) is 0.229. The van der Waals surface area contributed by atoms with Crippen molar-refractivity contribution in [2.24, 2.45) is 0 Å². The number of aryl methyl sites for hydroxylation is 1. The molecule has 4 heteroatoms. The zero-order valence-electron chi connectivity index (χ0n) is 39.8. The molecule has 4 nitrogen and oxygen atoms in total. The molecule has 2 aromatic heterocycles. The number of fused-ring (bicyclic) bond motifs is 8. The Hall–Kier alpha value is -9.12. The molecule has 1 atom stereocenters. The predicted molar refractivity (Wildman–Crippen MR) is 304 cm³/mol. The van der Waals surface area contributed by atoms with Crippen LogP contribution in [0.1, 0.15) is 35.4 Å². The van der Waals surface area contributed by atoms with E-state index in [0.29, 0.717) is 0 Å². The van der Waals surface area contributed by atoms with Crippen LogP contribution in [0.4, 0.5) is 28.4 Å². The molecule has 2 heterocycles. The number of benzene rings is 10. The molecule has 0 spiro atoms. The Morgan fingerprint density at radius 1 is 0.403 bits per heavy atom. The van der Waals surface area contributed by atoms with Gasteiger partial charge in [0.05, 0.1) is 33.4 Å². The van der Waals surface area contributed by atoms with Crippen LogP contribution in [0, 0.1) is 0 Å². The molecular formula is C68H50N4. The lowest BCUT2D eigenvalue weighted by Gasteiger charge is -2.32. The smallest absolute Gasteiger partial charge is 0.0542 e. The summed E-state index contributed by atoms with van der Waals surface area (Å²) in [6.07, 6.45) is 14.9. The second kappa shape index (κ2) is 17.4. The first-order valence-electron chi connectivity index (χ1n) is 25.3. The first-order chi connectivity index (χ1) is 35.7. The zero-order chi connectivity index (χ0) is 47.5. The van der Waals surface area contributed by atoms with Gasteiger partial charge >= 0.3 is 0 Å². The van der Waals surface area contributed by atoms with Crippen molar-refractivity contribution in [3.63, 3.8) is 0 Å². The van der Waals surface area contributed by atoms with Crippen molar-refractivity contribution in [3.05, 3.63) is 277 Å². The van der Waals surface area contributed by atoms with Crippen LogP contribution in [0.5, 0.6) is 0 Å². The van der Waals surface area contributed by atoms with E-state index in [1.807, 2.05) is 0 Å². The van der Waals surface area contributed by atoms with Gasteiger partial charge in [0.1, 0.15) is 0 Å². The molecule has 342 valence electrons. The van der Waals surface area contributed by atoms with Gasteiger partial charge in [0.25, 0.3) is 0 Å². The van der Waals surface area contributed by atoms with Gasteiger partial charge in [0.2, 0.25) is 0 Å². The third kappa shape index (κ3) is 6.98. The predicted octanol–water partition coefficient (Wildman–Crippen LogP) is 18.2. The summed E-state index contributed by atoms with van der Waals surface area (Å²) in [6.45, 7) is 0. The highest BCUT2D eigenvalue weighted by Crippen LogP contribution is 2.45. The van der Waals surface area contributed by atoms with Crippen molar-refractivity contribution in [1.29, 1.82) is 0 Å². The summed E-state index contributed by atoms with van der Waals surface area (Å²) in [5.41, 5.74) is 18.1. The zero-order valence-corrected chi connectivity index (χ0v) is 39.8. The van der Waals surface area contributed by atoms with Crippen LogP contribution in [0.2, 0.25) is 0 Å². The largest absolute Gasteiger partial charge is 0.310 e. The van der Waals surface area contributed by atoms with E-state index in [0.717, 1.165) is 47.7 Å². The molecule has 2 aliphatic carbocycles. The molecule has 0 radical (unpaired) electrons. The maximum atomic E-state index is 2.49. The van der Waals surface area contributed by atoms with E-state index in [4.69, 9.17) is 0 Å². The summed E-state index contributed by atoms with van der Waals surface area (Å²) in [7, 11) is 0. The van der Waals surface area contributed by atoms with E-state index in [1.165, 1.54) is 88.1 Å². The normalized spacial score (nSPS) is 14.3. The van der Waals surface area contributed by atoms with E-state index in [1.54, 1.807) is 0 Å². The number of nitrogens with zero attached hydrogens (tertiary/aromatic N) is 4. The van der Waals surface area contributed by atoms with Crippen LogP contribution >= 0.6 is 0 Å². The Bertz CT molecular complexity index is 4130. The number of rotatable bonds is 9. The summed E-state index contributed by atoms with van der Waals surface area (Å²) in [4.78, 5) is 4.93. The van der Waals surface area contributed by atoms with E-state index < -0.39 is 0 Å². The number of anilines is 5. The van der Waals surface area contributed by atoms with Crippen molar-refractivity contribution in [3.8, 4) is 11.4 Å². The number of allylic oxidation sites excluding steroid dienone is 4. The minimum absolute atomic E-state index is 0.229. The number of aromatic nitrogens is 2.